The van der Waals surface area contributed by atoms with Crippen molar-refractivity contribution < 1.29 is 4.42 Å². The second-order valence-corrected chi connectivity index (χ2v) is 19.5. The lowest BCUT2D eigenvalue weighted by atomic mass is 10.1. The zero-order valence-electron chi connectivity index (χ0n) is 33.1. The molecule has 294 valence electrons. The molecule has 12 rings (SSSR count). The van der Waals surface area contributed by atoms with E-state index in [0.717, 1.165) is 71.8 Å². The fourth-order valence-corrected chi connectivity index (χ4v) is 14.4. The lowest BCUT2D eigenvalue weighted by molar-refractivity contribution is 0.671. The van der Waals surface area contributed by atoms with Gasteiger partial charge in [0.1, 0.15) is 5.58 Å². The van der Waals surface area contributed by atoms with Crippen LogP contribution in [-0.4, -0.2) is 22.6 Å². The lowest BCUT2D eigenvalue weighted by Crippen LogP contribution is -2.74. The van der Waals surface area contributed by atoms with Crippen molar-refractivity contribution in [1.82, 2.24) is 14.5 Å². The average molecular weight is 812 g/mol. The standard InChI is InChI=1S/C56H37N3OSi.CH4/c1-5-17-38(18-6-1)53-48-26-13-15-27-50(48)57-56(58-53)39-29-31-40(32-30-39)59-51-36-33-44(37-49(51)46-34-35-47-45-25-14-16-28-52(45)60-55(47)54(46)59)61(41-19-7-2-8-20-41,42-21-9-3-10-22-42)43-23-11-4-12-24-43;/h1-37H;1H4. The molecule has 4 nitrogen and oxygen atoms in total. The van der Waals surface area contributed by atoms with Crippen molar-refractivity contribution in [3.8, 4) is 28.3 Å². The van der Waals surface area contributed by atoms with Gasteiger partial charge in [0.05, 0.1) is 22.2 Å². The van der Waals surface area contributed by atoms with E-state index in [4.69, 9.17) is 14.4 Å². The Morgan fingerprint density at radius 3 is 1.63 bits per heavy atom. The summed E-state index contributed by atoms with van der Waals surface area (Å²) < 4.78 is 9.21. The van der Waals surface area contributed by atoms with Crippen molar-refractivity contribution in [3.63, 3.8) is 0 Å². The molecule has 0 aliphatic heterocycles. The molecule has 3 heterocycles. The summed E-state index contributed by atoms with van der Waals surface area (Å²) in [6.45, 7) is 0. The Balaban J connectivity index is 0.00000432. The monoisotopic (exact) mass is 811 g/mol. The molecule has 0 amide bonds. The summed E-state index contributed by atoms with van der Waals surface area (Å²) in [5.41, 5.74) is 8.82. The third-order valence-corrected chi connectivity index (χ3v) is 17.1. The fourth-order valence-electron chi connectivity index (χ4n) is 9.63. The second-order valence-electron chi connectivity index (χ2n) is 15.7. The molecule has 0 aliphatic carbocycles. The summed E-state index contributed by atoms with van der Waals surface area (Å²) >= 11 is 0. The molecule has 0 N–H and O–H groups in total. The molecule has 0 bridgehead atoms. The van der Waals surface area contributed by atoms with Crippen LogP contribution in [0.3, 0.4) is 0 Å². The first kappa shape index (κ1) is 37.2. The first-order valence-electron chi connectivity index (χ1n) is 20.7. The first-order valence-corrected chi connectivity index (χ1v) is 22.7. The SMILES string of the molecule is C.c1ccc(-c2nc(-c3ccc(-n4c5ccc([Si](c6ccccc6)(c6ccccc6)c6ccccc6)cc5c5ccc6c7ccccc7oc6c54)cc3)nc3ccccc23)cc1. The van der Waals surface area contributed by atoms with Gasteiger partial charge in [-0.15, -0.1) is 0 Å². The molecular weight excluding hydrogens is 771 g/mol. The molecule has 0 atom stereocenters. The van der Waals surface area contributed by atoms with Gasteiger partial charge in [-0.1, -0.05) is 183 Å². The third-order valence-electron chi connectivity index (χ3n) is 12.4. The Morgan fingerprint density at radius 1 is 0.403 bits per heavy atom. The normalized spacial score (nSPS) is 11.7. The highest BCUT2D eigenvalue weighted by atomic mass is 28.3. The summed E-state index contributed by atoms with van der Waals surface area (Å²) in [5.74, 6) is 0.694. The third kappa shape index (κ3) is 5.74. The van der Waals surface area contributed by atoms with Crippen molar-refractivity contribution in [3.05, 3.63) is 224 Å². The van der Waals surface area contributed by atoms with E-state index in [2.05, 4.69) is 205 Å². The molecule has 0 saturated carbocycles. The molecule has 9 aromatic carbocycles. The van der Waals surface area contributed by atoms with Crippen molar-refractivity contribution in [2.45, 2.75) is 7.43 Å². The minimum Gasteiger partial charge on any atom is -0.454 e. The van der Waals surface area contributed by atoms with Crippen LogP contribution in [-0.2, 0) is 0 Å². The zero-order chi connectivity index (χ0) is 40.3. The predicted octanol–water partition coefficient (Wildman–Crippen LogP) is 12.0. The molecule has 3 aromatic heterocycles. The highest BCUT2D eigenvalue weighted by molar-refractivity contribution is 7.20. The van der Waals surface area contributed by atoms with E-state index in [1.165, 1.54) is 26.1 Å². The number of furan rings is 1. The minimum atomic E-state index is -2.80. The highest BCUT2D eigenvalue weighted by Crippen LogP contribution is 2.40. The number of aromatic nitrogens is 3. The van der Waals surface area contributed by atoms with Crippen molar-refractivity contribution in [1.29, 1.82) is 0 Å². The molecule has 0 saturated heterocycles. The van der Waals surface area contributed by atoms with Crippen LogP contribution in [0, 0.1) is 0 Å². The number of para-hydroxylation sites is 2. The van der Waals surface area contributed by atoms with Crippen LogP contribution in [0.25, 0.3) is 83.0 Å². The van der Waals surface area contributed by atoms with E-state index < -0.39 is 8.07 Å². The molecule has 0 aliphatic rings. The summed E-state index contributed by atoms with van der Waals surface area (Å²) in [6.07, 6.45) is 0. The lowest BCUT2D eigenvalue weighted by Gasteiger charge is -2.34. The van der Waals surface area contributed by atoms with Gasteiger partial charge in [-0.3, -0.25) is 0 Å². The molecule has 0 unspecified atom stereocenters. The Morgan fingerprint density at radius 2 is 0.968 bits per heavy atom. The van der Waals surface area contributed by atoms with Crippen LogP contribution in [0.1, 0.15) is 7.43 Å². The minimum absolute atomic E-state index is 0. The van der Waals surface area contributed by atoms with Crippen LogP contribution in [0.4, 0.5) is 0 Å². The van der Waals surface area contributed by atoms with E-state index in [1.807, 2.05) is 24.3 Å². The Bertz CT molecular complexity index is 3470. The van der Waals surface area contributed by atoms with Crippen LogP contribution >= 0.6 is 0 Å². The molecule has 0 radical (unpaired) electrons. The van der Waals surface area contributed by atoms with Crippen molar-refractivity contribution >= 4 is 83.5 Å². The van der Waals surface area contributed by atoms with Gasteiger partial charge in [0.15, 0.2) is 19.5 Å². The van der Waals surface area contributed by atoms with Gasteiger partial charge in [-0.2, -0.15) is 0 Å². The topological polar surface area (TPSA) is 43.9 Å². The van der Waals surface area contributed by atoms with Gasteiger partial charge < -0.3 is 8.98 Å². The van der Waals surface area contributed by atoms with Crippen LogP contribution in [0.5, 0.6) is 0 Å². The quantitative estimate of drug-likeness (QED) is 0.119. The van der Waals surface area contributed by atoms with Crippen LogP contribution in [0.15, 0.2) is 229 Å². The number of hydrogen-bond donors (Lipinski definition) is 0. The van der Waals surface area contributed by atoms with Gasteiger partial charge in [-0.25, -0.2) is 9.97 Å². The van der Waals surface area contributed by atoms with E-state index in [-0.39, 0.29) is 7.43 Å². The van der Waals surface area contributed by atoms with E-state index in [0.29, 0.717) is 5.82 Å². The van der Waals surface area contributed by atoms with Gasteiger partial charge in [0.2, 0.25) is 0 Å². The van der Waals surface area contributed by atoms with Crippen molar-refractivity contribution in [2.24, 2.45) is 0 Å². The Kier molecular flexibility index (Phi) is 8.99. The maximum absolute atomic E-state index is 6.82. The van der Waals surface area contributed by atoms with Crippen molar-refractivity contribution in [2.75, 3.05) is 0 Å². The summed E-state index contributed by atoms with van der Waals surface area (Å²) in [7, 11) is -2.80. The van der Waals surface area contributed by atoms with E-state index >= 15 is 0 Å². The zero-order valence-corrected chi connectivity index (χ0v) is 34.1. The molecular formula is C57H41N3OSi. The van der Waals surface area contributed by atoms with Gasteiger partial charge >= 0.3 is 0 Å². The smallest absolute Gasteiger partial charge is 0.179 e. The Labute approximate surface area is 361 Å². The van der Waals surface area contributed by atoms with Crippen LogP contribution < -0.4 is 20.7 Å². The molecule has 5 heteroatoms. The highest BCUT2D eigenvalue weighted by Gasteiger charge is 2.41. The molecule has 62 heavy (non-hydrogen) atoms. The number of hydrogen-bond acceptors (Lipinski definition) is 3. The van der Waals surface area contributed by atoms with Gasteiger partial charge in [0, 0.05) is 43.7 Å². The van der Waals surface area contributed by atoms with Gasteiger partial charge in [0.25, 0.3) is 0 Å². The van der Waals surface area contributed by atoms with Gasteiger partial charge in [-0.05, 0) is 69.3 Å². The second kappa shape index (κ2) is 15.0. The summed E-state index contributed by atoms with van der Waals surface area (Å²) in [4.78, 5) is 10.2. The number of nitrogens with zero attached hydrogens (tertiary/aromatic N) is 3. The van der Waals surface area contributed by atoms with Crippen LogP contribution in [0.2, 0.25) is 0 Å². The van der Waals surface area contributed by atoms with E-state index in [1.54, 1.807) is 0 Å². The molecule has 0 spiro atoms. The fraction of sp³-hybridized carbons (Fsp3) is 0.0175. The largest absolute Gasteiger partial charge is 0.454 e. The maximum Gasteiger partial charge on any atom is 0.179 e. The Hall–Kier alpha value is -7.86. The predicted molar refractivity (Wildman–Crippen MR) is 262 cm³/mol. The summed E-state index contributed by atoms with van der Waals surface area (Å²) in [6, 6.07) is 80.8. The number of benzene rings is 9. The number of fused-ring (bicyclic) bond motifs is 8. The first-order chi connectivity index (χ1) is 30.3. The summed E-state index contributed by atoms with van der Waals surface area (Å²) in [5, 5.41) is 10.9. The molecule has 12 aromatic rings. The molecule has 0 fully saturated rings. The number of rotatable bonds is 7. The maximum atomic E-state index is 6.82. The average Bonchev–Trinajstić information content (AvgIpc) is 3.89. The van der Waals surface area contributed by atoms with E-state index in [9.17, 15) is 0 Å².